The van der Waals surface area contributed by atoms with E-state index in [1.807, 2.05) is 0 Å². The third kappa shape index (κ3) is 4.34. The second-order valence-corrected chi connectivity index (χ2v) is 9.33. The smallest absolute Gasteiger partial charge is 0.416 e. The minimum Gasteiger partial charge on any atom is -0.449 e. The molecule has 2 aliphatic heterocycles. The van der Waals surface area contributed by atoms with E-state index in [4.69, 9.17) is 9.15 Å². The highest BCUT2D eigenvalue weighted by atomic mass is 19.4. The van der Waals surface area contributed by atoms with Crippen LogP contribution >= 0.6 is 0 Å². The van der Waals surface area contributed by atoms with Gasteiger partial charge in [-0.3, -0.25) is 4.79 Å². The Labute approximate surface area is 191 Å². The lowest BCUT2D eigenvalue weighted by Gasteiger charge is -2.46. The zero-order valence-electron chi connectivity index (χ0n) is 18.5. The van der Waals surface area contributed by atoms with Gasteiger partial charge in [-0.05, 0) is 32.0 Å². The van der Waals surface area contributed by atoms with E-state index in [1.54, 1.807) is 0 Å². The minimum absolute atomic E-state index is 0.0397. The molecule has 1 aromatic carbocycles. The fraction of sp³-hybridized carbons (Fsp3) is 0.591. The van der Waals surface area contributed by atoms with E-state index in [-0.39, 0.29) is 48.5 Å². The maximum atomic E-state index is 15.4. The molecule has 1 aromatic heterocycles. The van der Waals surface area contributed by atoms with Crippen molar-refractivity contribution in [3.05, 3.63) is 29.5 Å². The van der Waals surface area contributed by atoms with Crippen LogP contribution in [0.3, 0.4) is 0 Å². The Morgan fingerprint density at radius 2 is 1.94 bits per heavy atom. The van der Waals surface area contributed by atoms with Crippen molar-refractivity contribution in [1.29, 1.82) is 0 Å². The second-order valence-electron chi connectivity index (χ2n) is 9.33. The van der Waals surface area contributed by atoms with Gasteiger partial charge < -0.3 is 29.6 Å². The van der Waals surface area contributed by atoms with E-state index in [9.17, 15) is 28.2 Å². The number of ether oxygens (including phenoxy) is 1. The Kier molecular flexibility index (Phi) is 5.85. The van der Waals surface area contributed by atoms with Gasteiger partial charge in [0.25, 0.3) is 11.8 Å². The standard InChI is InChI=1S/C22H25F5N2O5/c1-19(2,31)20(32)5-8-33-15(10-20)21(23,24)11-29-7-6-28-18(30)17-16(29)13-9-12(22(25,26)27)3-4-14(13)34-17/h3-4,9,15,31-32H,5-8,10-11H2,1-2H3,(H,28,30). The Morgan fingerprint density at radius 3 is 2.59 bits per heavy atom. The molecule has 3 N–H and O–H groups in total. The van der Waals surface area contributed by atoms with Gasteiger partial charge in [-0.1, -0.05) is 0 Å². The van der Waals surface area contributed by atoms with Gasteiger partial charge in [-0.25, -0.2) is 8.78 Å². The van der Waals surface area contributed by atoms with Crippen LogP contribution in [0.2, 0.25) is 0 Å². The highest BCUT2D eigenvalue weighted by molar-refractivity contribution is 6.07. The normalized spacial score (nSPS) is 24.7. The van der Waals surface area contributed by atoms with Crippen molar-refractivity contribution in [2.24, 2.45) is 0 Å². The number of carbonyl (C=O) groups is 1. The molecule has 2 unspecified atom stereocenters. The molecule has 4 rings (SSSR count). The first-order valence-corrected chi connectivity index (χ1v) is 10.7. The largest absolute Gasteiger partial charge is 0.449 e. The summed E-state index contributed by atoms with van der Waals surface area (Å²) in [7, 11) is 0. The summed E-state index contributed by atoms with van der Waals surface area (Å²) in [6.07, 6.45) is -7.04. The Bertz CT molecular complexity index is 1090. The zero-order valence-corrected chi connectivity index (χ0v) is 18.5. The van der Waals surface area contributed by atoms with Crippen molar-refractivity contribution in [1.82, 2.24) is 5.32 Å². The molecule has 0 spiro atoms. The maximum absolute atomic E-state index is 15.4. The number of anilines is 1. The Balaban J connectivity index is 1.71. The average molecular weight is 492 g/mol. The molecule has 7 nitrogen and oxygen atoms in total. The van der Waals surface area contributed by atoms with Crippen LogP contribution in [0.5, 0.6) is 0 Å². The number of rotatable bonds is 4. The van der Waals surface area contributed by atoms with Crippen LogP contribution in [0.15, 0.2) is 22.6 Å². The van der Waals surface area contributed by atoms with E-state index in [0.717, 1.165) is 23.1 Å². The fourth-order valence-electron chi connectivity index (χ4n) is 4.40. The number of aliphatic hydroxyl groups is 2. The van der Waals surface area contributed by atoms with Crippen LogP contribution in [-0.4, -0.2) is 65.6 Å². The first kappa shape index (κ1) is 24.7. The van der Waals surface area contributed by atoms with Crippen LogP contribution < -0.4 is 10.2 Å². The lowest BCUT2D eigenvalue weighted by Crippen LogP contribution is -2.59. The van der Waals surface area contributed by atoms with Gasteiger partial charge in [-0.15, -0.1) is 0 Å². The van der Waals surface area contributed by atoms with E-state index >= 15 is 8.78 Å². The highest BCUT2D eigenvalue weighted by Gasteiger charge is 2.54. The van der Waals surface area contributed by atoms with Crippen molar-refractivity contribution in [3.8, 4) is 0 Å². The van der Waals surface area contributed by atoms with Gasteiger partial charge in [-0.2, -0.15) is 13.2 Å². The molecule has 1 saturated heterocycles. The third-order valence-electron chi connectivity index (χ3n) is 6.55. The summed E-state index contributed by atoms with van der Waals surface area (Å²) in [5.41, 5.74) is -4.69. The first-order valence-electron chi connectivity index (χ1n) is 10.7. The van der Waals surface area contributed by atoms with E-state index < -0.39 is 53.8 Å². The van der Waals surface area contributed by atoms with Crippen molar-refractivity contribution < 1.29 is 46.1 Å². The number of fused-ring (bicyclic) bond motifs is 3. The predicted molar refractivity (Wildman–Crippen MR) is 111 cm³/mol. The molecule has 188 valence electrons. The molecule has 34 heavy (non-hydrogen) atoms. The van der Waals surface area contributed by atoms with Crippen LogP contribution in [-0.2, 0) is 10.9 Å². The van der Waals surface area contributed by atoms with Crippen molar-refractivity contribution >= 4 is 22.6 Å². The monoisotopic (exact) mass is 492 g/mol. The highest BCUT2D eigenvalue weighted by Crippen LogP contribution is 2.43. The third-order valence-corrected chi connectivity index (χ3v) is 6.55. The molecule has 2 aliphatic rings. The number of nitrogens with one attached hydrogen (secondary N) is 1. The number of amides is 1. The number of carbonyl (C=O) groups excluding carboxylic acids is 1. The number of benzene rings is 1. The zero-order chi connectivity index (χ0) is 25.1. The summed E-state index contributed by atoms with van der Waals surface area (Å²) in [4.78, 5) is 13.5. The molecule has 2 atom stereocenters. The van der Waals surface area contributed by atoms with Gasteiger partial charge in [0.2, 0.25) is 5.76 Å². The topological polar surface area (TPSA) is 95.2 Å². The molecular weight excluding hydrogens is 467 g/mol. The summed E-state index contributed by atoms with van der Waals surface area (Å²) in [6, 6.07) is 2.60. The molecule has 1 amide bonds. The summed E-state index contributed by atoms with van der Waals surface area (Å²) in [5.74, 6) is -4.67. The summed E-state index contributed by atoms with van der Waals surface area (Å²) >= 11 is 0. The van der Waals surface area contributed by atoms with Crippen LogP contribution in [0, 0.1) is 0 Å². The fourth-order valence-corrected chi connectivity index (χ4v) is 4.40. The van der Waals surface area contributed by atoms with Crippen molar-refractivity contribution in [3.63, 3.8) is 0 Å². The number of alkyl halides is 5. The predicted octanol–water partition coefficient (Wildman–Crippen LogP) is 3.32. The van der Waals surface area contributed by atoms with E-state index in [2.05, 4.69) is 5.32 Å². The van der Waals surface area contributed by atoms with Crippen LogP contribution in [0.1, 0.15) is 42.8 Å². The molecule has 0 saturated carbocycles. The number of nitrogens with zero attached hydrogens (tertiary/aromatic N) is 1. The lowest BCUT2D eigenvalue weighted by atomic mass is 9.76. The van der Waals surface area contributed by atoms with Gasteiger partial charge in [0, 0.05) is 31.3 Å². The molecule has 12 heteroatoms. The number of furan rings is 1. The number of hydrogen-bond donors (Lipinski definition) is 3. The molecule has 0 radical (unpaired) electrons. The summed E-state index contributed by atoms with van der Waals surface area (Å²) in [6.45, 7) is 1.26. The summed E-state index contributed by atoms with van der Waals surface area (Å²) in [5, 5.41) is 23.4. The quantitative estimate of drug-likeness (QED) is 0.567. The first-order chi connectivity index (χ1) is 15.6. The second kappa shape index (κ2) is 8.06. The lowest BCUT2D eigenvalue weighted by molar-refractivity contribution is -0.231. The molecule has 0 bridgehead atoms. The van der Waals surface area contributed by atoms with E-state index in [0.29, 0.717) is 0 Å². The van der Waals surface area contributed by atoms with Gasteiger partial charge in [0.15, 0.2) is 0 Å². The molecule has 2 aromatic rings. The van der Waals surface area contributed by atoms with Gasteiger partial charge in [0.1, 0.15) is 11.7 Å². The average Bonchev–Trinajstić information content (AvgIpc) is 3.03. The van der Waals surface area contributed by atoms with E-state index in [1.165, 1.54) is 13.8 Å². The molecule has 3 heterocycles. The molecular formula is C22H25F5N2O5. The Morgan fingerprint density at radius 1 is 1.24 bits per heavy atom. The molecule has 1 fully saturated rings. The summed E-state index contributed by atoms with van der Waals surface area (Å²) < 4.78 is 81.5. The van der Waals surface area contributed by atoms with Gasteiger partial charge in [0.05, 0.1) is 35.6 Å². The maximum Gasteiger partial charge on any atom is 0.416 e. The van der Waals surface area contributed by atoms with Crippen LogP contribution in [0.4, 0.5) is 27.6 Å². The Hall–Kier alpha value is -2.44. The molecule has 0 aliphatic carbocycles. The van der Waals surface area contributed by atoms with Crippen LogP contribution in [0.25, 0.3) is 11.0 Å². The number of hydrogen-bond acceptors (Lipinski definition) is 6. The van der Waals surface area contributed by atoms with Gasteiger partial charge >= 0.3 is 6.18 Å². The van der Waals surface area contributed by atoms with Crippen molar-refractivity contribution in [2.75, 3.05) is 31.1 Å². The minimum atomic E-state index is -4.68. The SMILES string of the molecule is CC(C)(O)C1(O)CCOC(C(F)(F)CN2CCNC(=O)c3oc4ccc(C(F)(F)F)cc4c32)C1. The number of halogens is 5. The van der Waals surface area contributed by atoms with Crippen molar-refractivity contribution in [2.45, 2.75) is 56.1 Å².